The average Bonchev–Trinajstić information content (AvgIpc) is 2.64. The van der Waals surface area contributed by atoms with E-state index in [9.17, 15) is 9.18 Å². The molecule has 1 heterocycles. The van der Waals surface area contributed by atoms with Crippen LogP contribution in [0.25, 0.3) is 0 Å². The van der Waals surface area contributed by atoms with E-state index >= 15 is 0 Å². The smallest absolute Gasteiger partial charge is 0.258 e. The Morgan fingerprint density at radius 1 is 1.12 bits per heavy atom. The fraction of sp³-hybridized carbons (Fsp3) is 0.0556. The predicted octanol–water partition coefficient (Wildman–Crippen LogP) is 4.27. The van der Waals surface area contributed by atoms with Gasteiger partial charge in [-0.1, -0.05) is 11.6 Å². The van der Waals surface area contributed by atoms with Crippen molar-refractivity contribution in [1.29, 1.82) is 0 Å². The van der Waals surface area contributed by atoms with Crippen LogP contribution in [0.2, 0.25) is 5.02 Å². The lowest BCUT2D eigenvalue weighted by Gasteiger charge is -2.10. The quantitative estimate of drug-likeness (QED) is 0.699. The number of halogens is 2. The molecule has 0 bridgehead atoms. The number of aromatic nitrogens is 2. The molecular formula is C18H14ClFN4O2. The van der Waals surface area contributed by atoms with E-state index in [0.717, 1.165) is 0 Å². The van der Waals surface area contributed by atoms with Crippen molar-refractivity contribution >= 4 is 34.8 Å². The van der Waals surface area contributed by atoms with Gasteiger partial charge in [0.1, 0.15) is 11.6 Å². The second-order valence-corrected chi connectivity index (χ2v) is 5.66. The Labute approximate surface area is 154 Å². The van der Waals surface area contributed by atoms with Crippen LogP contribution in [0.3, 0.4) is 0 Å². The van der Waals surface area contributed by atoms with Crippen LogP contribution in [-0.2, 0) is 0 Å². The molecule has 2 N–H and O–H groups in total. The summed E-state index contributed by atoms with van der Waals surface area (Å²) in [7, 11) is 1.54. The van der Waals surface area contributed by atoms with Gasteiger partial charge < -0.3 is 15.4 Å². The van der Waals surface area contributed by atoms with Gasteiger partial charge >= 0.3 is 0 Å². The molecule has 132 valence electrons. The topological polar surface area (TPSA) is 76.1 Å². The number of benzene rings is 2. The van der Waals surface area contributed by atoms with Gasteiger partial charge in [-0.05, 0) is 42.5 Å². The summed E-state index contributed by atoms with van der Waals surface area (Å²) in [6.07, 6.45) is 2.76. The number of rotatable bonds is 5. The van der Waals surface area contributed by atoms with Crippen LogP contribution in [0.5, 0.6) is 5.75 Å². The van der Waals surface area contributed by atoms with Gasteiger partial charge in [-0.25, -0.2) is 14.4 Å². The minimum atomic E-state index is -0.400. The largest absolute Gasteiger partial charge is 0.495 e. The van der Waals surface area contributed by atoms with Crippen molar-refractivity contribution in [2.24, 2.45) is 0 Å². The van der Waals surface area contributed by atoms with E-state index in [-0.39, 0.29) is 17.3 Å². The van der Waals surface area contributed by atoms with E-state index in [2.05, 4.69) is 20.6 Å². The van der Waals surface area contributed by atoms with Crippen molar-refractivity contribution in [3.05, 3.63) is 71.3 Å². The maximum Gasteiger partial charge on any atom is 0.258 e. The first-order chi connectivity index (χ1) is 12.5. The average molecular weight is 373 g/mol. The van der Waals surface area contributed by atoms with Crippen molar-refractivity contribution in [1.82, 2.24) is 9.97 Å². The number of hydrogen-bond donors (Lipinski definition) is 2. The van der Waals surface area contributed by atoms with Crippen LogP contribution in [0.4, 0.5) is 21.7 Å². The summed E-state index contributed by atoms with van der Waals surface area (Å²) in [5, 5.41) is 6.15. The lowest BCUT2D eigenvalue weighted by molar-refractivity contribution is 0.102. The lowest BCUT2D eigenvalue weighted by atomic mass is 10.2. The van der Waals surface area contributed by atoms with Crippen molar-refractivity contribution in [3.8, 4) is 5.75 Å². The van der Waals surface area contributed by atoms with Gasteiger partial charge in [-0.15, -0.1) is 0 Å². The Hall–Kier alpha value is -3.19. The molecule has 0 unspecified atom stereocenters. The van der Waals surface area contributed by atoms with Gasteiger partial charge in [-0.2, -0.15) is 0 Å². The second-order valence-electron chi connectivity index (χ2n) is 5.23. The molecule has 3 rings (SSSR count). The Morgan fingerprint density at radius 3 is 2.46 bits per heavy atom. The van der Waals surface area contributed by atoms with Gasteiger partial charge in [0.15, 0.2) is 0 Å². The summed E-state index contributed by atoms with van der Waals surface area (Å²) in [6.45, 7) is 0. The zero-order chi connectivity index (χ0) is 18.5. The Balaban J connectivity index is 1.71. The highest BCUT2D eigenvalue weighted by Gasteiger charge is 2.10. The molecule has 8 heteroatoms. The van der Waals surface area contributed by atoms with Crippen LogP contribution in [-0.4, -0.2) is 23.0 Å². The number of carbonyl (C=O) groups excluding carboxylic acids is 1. The number of anilines is 3. The van der Waals surface area contributed by atoms with Crippen molar-refractivity contribution in [2.45, 2.75) is 0 Å². The minimum Gasteiger partial charge on any atom is -0.495 e. The maximum absolute atomic E-state index is 12.9. The van der Waals surface area contributed by atoms with Crippen LogP contribution >= 0.6 is 11.6 Å². The SMILES string of the molecule is COc1ccc(Cl)cc1Nc1ncc(C(=O)Nc2ccc(F)cc2)cn1. The molecule has 2 aromatic carbocycles. The third kappa shape index (κ3) is 4.25. The molecule has 0 aliphatic carbocycles. The molecule has 0 atom stereocenters. The number of nitrogens with one attached hydrogen (secondary N) is 2. The van der Waals surface area contributed by atoms with Crippen LogP contribution in [0.1, 0.15) is 10.4 Å². The van der Waals surface area contributed by atoms with E-state index in [1.54, 1.807) is 18.2 Å². The number of ether oxygens (including phenoxy) is 1. The minimum absolute atomic E-state index is 0.262. The van der Waals surface area contributed by atoms with Crippen LogP contribution in [0.15, 0.2) is 54.9 Å². The first-order valence-corrected chi connectivity index (χ1v) is 7.92. The van der Waals surface area contributed by atoms with E-state index in [0.29, 0.717) is 22.1 Å². The predicted molar refractivity (Wildman–Crippen MR) is 97.7 cm³/mol. The van der Waals surface area contributed by atoms with E-state index in [1.165, 1.54) is 43.8 Å². The number of methoxy groups -OCH3 is 1. The Bertz CT molecular complexity index is 917. The highest BCUT2D eigenvalue weighted by molar-refractivity contribution is 6.31. The molecule has 0 saturated carbocycles. The number of carbonyl (C=O) groups is 1. The molecule has 0 aliphatic rings. The molecule has 0 radical (unpaired) electrons. The van der Waals surface area contributed by atoms with Crippen molar-refractivity contribution in [3.63, 3.8) is 0 Å². The third-order valence-electron chi connectivity index (χ3n) is 3.42. The Kier molecular flexibility index (Phi) is 5.28. The maximum atomic E-state index is 12.9. The van der Waals surface area contributed by atoms with E-state index in [4.69, 9.17) is 16.3 Å². The van der Waals surface area contributed by atoms with Crippen LogP contribution < -0.4 is 15.4 Å². The highest BCUT2D eigenvalue weighted by atomic mass is 35.5. The summed E-state index contributed by atoms with van der Waals surface area (Å²) in [5.74, 6) is 0.0849. The van der Waals surface area contributed by atoms with Gasteiger partial charge in [-0.3, -0.25) is 4.79 Å². The standard InChI is InChI=1S/C18H14ClFN4O2/c1-26-16-7-2-12(19)8-15(16)24-18-21-9-11(10-22-18)17(25)23-14-5-3-13(20)4-6-14/h2-10H,1H3,(H,23,25)(H,21,22,24). The molecule has 0 aliphatic heterocycles. The molecule has 3 aromatic rings. The molecule has 0 spiro atoms. The first kappa shape index (κ1) is 17.6. The molecule has 1 amide bonds. The fourth-order valence-corrected chi connectivity index (χ4v) is 2.32. The number of nitrogens with zero attached hydrogens (tertiary/aromatic N) is 2. The Morgan fingerprint density at radius 2 is 1.81 bits per heavy atom. The summed E-state index contributed by atoms with van der Waals surface area (Å²) in [5.41, 5.74) is 1.34. The first-order valence-electron chi connectivity index (χ1n) is 7.54. The normalized spacial score (nSPS) is 10.3. The number of amides is 1. The zero-order valence-corrected chi connectivity index (χ0v) is 14.4. The summed E-state index contributed by atoms with van der Waals surface area (Å²) in [4.78, 5) is 20.4. The fourth-order valence-electron chi connectivity index (χ4n) is 2.14. The van der Waals surface area contributed by atoms with Crippen molar-refractivity contribution < 1.29 is 13.9 Å². The third-order valence-corrected chi connectivity index (χ3v) is 3.66. The second kappa shape index (κ2) is 7.79. The van der Waals surface area contributed by atoms with Gasteiger partial charge in [0.05, 0.1) is 18.4 Å². The van der Waals surface area contributed by atoms with Crippen molar-refractivity contribution in [2.75, 3.05) is 17.7 Å². The van der Waals surface area contributed by atoms with E-state index < -0.39 is 5.91 Å². The van der Waals surface area contributed by atoms with Gasteiger partial charge in [0.25, 0.3) is 5.91 Å². The van der Waals surface area contributed by atoms with Gasteiger partial charge in [0, 0.05) is 23.1 Å². The summed E-state index contributed by atoms with van der Waals surface area (Å²) < 4.78 is 18.1. The molecule has 0 fully saturated rings. The summed E-state index contributed by atoms with van der Waals surface area (Å²) >= 11 is 5.98. The van der Waals surface area contributed by atoms with E-state index in [1.807, 2.05) is 0 Å². The molecule has 0 saturated heterocycles. The molecule has 26 heavy (non-hydrogen) atoms. The zero-order valence-electron chi connectivity index (χ0n) is 13.7. The molecule has 6 nitrogen and oxygen atoms in total. The van der Waals surface area contributed by atoms with Gasteiger partial charge in [0.2, 0.25) is 5.95 Å². The number of hydrogen-bond acceptors (Lipinski definition) is 5. The molecule has 1 aromatic heterocycles. The highest BCUT2D eigenvalue weighted by Crippen LogP contribution is 2.29. The lowest BCUT2D eigenvalue weighted by Crippen LogP contribution is -2.13. The molecular weight excluding hydrogens is 359 g/mol. The monoisotopic (exact) mass is 372 g/mol. The van der Waals surface area contributed by atoms with Crippen LogP contribution in [0, 0.1) is 5.82 Å². The summed E-state index contributed by atoms with van der Waals surface area (Å²) in [6, 6.07) is 10.6.